The van der Waals surface area contributed by atoms with E-state index in [1.165, 1.54) is 24.3 Å². The maximum atomic E-state index is 13.3. The van der Waals surface area contributed by atoms with Crippen LogP contribution in [-0.2, 0) is 19.2 Å². The molecule has 1 aliphatic heterocycles. The molecule has 0 atom stereocenters. The van der Waals surface area contributed by atoms with Crippen LogP contribution < -0.4 is 20.3 Å². The number of anilines is 2. The molecule has 0 aromatic heterocycles. The number of carbonyl (C=O) groups is 5. The average Bonchev–Trinajstić information content (AvgIpc) is 2.99. The number of rotatable bonds is 9. The normalized spacial score (nSPS) is 13.5. The average molecular weight is 456 g/mol. The van der Waals surface area contributed by atoms with E-state index in [4.69, 9.17) is 10.5 Å². The fourth-order valence-electron chi connectivity index (χ4n) is 3.24. The molecule has 2 aromatic carbocycles. The van der Waals surface area contributed by atoms with Gasteiger partial charge in [0.05, 0.1) is 12.3 Å². The molecule has 0 saturated carbocycles. The van der Waals surface area contributed by atoms with E-state index in [-0.39, 0.29) is 36.7 Å². The van der Waals surface area contributed by atoms with Gasteiger partial charge in [-0.1, -0.05) is 12.1 Å². The SMILES string of the molecule is CCOc1ccccc1N1C(=O)C(=O)N(CC(=O)N(CCC(N)=O)c2ccc(F)cc2)C1=O. The van der Waals surface area contributed by atoms with Gasteiger partial charge in [0.15, 0.2) is 0 Å². The zero-order chi connectivity index (χ0) is 24.1. The first-order valence-electron chi connectivity index (χ1n) is 10.0. The van der Waals surface area contributed by atoms with Gasteiger partial charge in [-0.2, -0.15) is 0 Å². The number of nitrogens with zero attached hydrogens (tertiary/aromatic N) is 3. The van der Waals surface area contributed by atoms with Gasteiger partial charge in [-0.3, -0.25) is 19.2 Å². The van der Waals surface area contributed by atoms with E-state index in [9.17, 15) is 28.4 Å². The third-order valence-corrected chi connectivity index (χ3v) is 4.77. The number of imide groups is 2. The smallest absolute Gasteiger partial charge is 0.339 e. The minimum atomic E-state index is -1.19. The number of ether oxygens (including phenoxy) is 1. The molecule has 0 unspecified atom stereocenters. The van der Waals surface area contributed by atoms with Gasteiger partial charge >= 0.3 is 17.8 Å². The predicted octanol–water partition coefficient (Wildman–Crippen LogP) is 1.43. The van der Waals surface area contributed by atoms with E-state index in [0.29, 0.717) is 9.80 Å². The van der Waals surface area contributed by atoms with Crippen LogP contribution in [0.5, 0.6) is 5.75 Å². The summed E-state index contributed by atoms with van der Waals surface area (Å²) in [6, 6.07) is 10.0. The molecule has 0 aliphatic carbocycles. The van der Waals surface area contributed by atoms with Gasteiger partial charge in [-0.25, -0.2) is 19.0 Å². The molecule has 10 nitrogen and oxygen atoms in total. The van der Waals surface area contributed by atoms with Crippen molar-refractivity contribution < 1.29 is 33.1 Å². The highest BCUT2D eigenvalue weighted by atomic mass is 19.1. The number of benzene rings is 2. The van der Waals surface area contributed by atoms with Gasteiger partial charge in [0.1, 0.15) is 18.1 Å². The van der Waals surface area contributed by atoms with Crippen molar-refractivity contribution in [3.8, 4) is 5.75 Å². The van der Waals surface area contributed by atoms with Gasteiger partial charge in [-0.05, 0) is 43.3 Å². The number of nitrogens with two attached hydrogens (primary N) is 1. The number of urea groups is 1. The van der Waals surface area contributed by atoms with Gasteiger partial charge in [0.2, 0.25) is 11.8 Å². The van der Waals surface area contributed by atoms with Crippen LogP contribution in [0.15, 0.2) is 48.5 Å². The molecule has 3 rings (SSSR count). The van der Waals surface area contributed by atoms with Crippen molar-refractivity contribution in [2.24, 2.45) is 5.73 Å². The lowest BCUT2D eigenvalue weighted by atomic mass is 10.2. The van der Waals surface area contributed by atoms with Crippen LogP contribution in [0.3, 0.4) is 0 Å². The van der Waals surface area contributed by atoms with Gasteiger partial charge in [0, 0.05) is 18.7 Å². The first kappa shape index (κ1) is 23.4. The Balaban J connectivity index is 1.86. The largest absolute Gasteiger partial charge is 0.492 e. The first-order chi connectivity index (χ1) is 15.7. The van der Waals surface area contributed by atoms with Gasteiger partial charge in [-0.15, -0.1) is 0 Å². The van der Waals surface area contributed by atoms with E-state index in [2.05, 4.69) is 0 Å². The Morgan fingerprint density at radius 1 is 1.03 bits per heavy atom. The molecule has 0 radical (unpaired) electrons. The minimum absolute atomic E-state index is 0.0711. The highest BCUT2D eigenvalue weighted by Gasteiger charge is 2.47. The summed E-state index contributed by atoms with van der Waals surface area (Å²) < 4.78 is 18.7. The molecular weight excluding hydrogens is 435 g/mol. The molecule has 33 heavy (non-hydrogen) atoms. The molecule has 172 valence electrons. The third-order valence-electron chi connectivity index (χ3n) is 4.77. The highest BCUT2D eigenvalue weighted by molar-refractivity contribution is 6.53. The van der Waals surface area contributed by atoms with E-state index in [1.807, 2.05) is 0 Å². The van der Waals surface area contributed by atoms with Crippen molar-refractivity contribution in [2.75, 3.05) is 29.5 Å². The van der Waals surface area contributed by atoms with E-state index >= 15 is 0 Å². The zero-order valence-electron chi connectivity index (χ0n) is 17.7. The Hall–Kier alpha value is -4.28. The number of hydrogen-bond acceptors (Lipinski definition) is 6. The second-order valence-corrected chi connectivity index (χ2v) is 6.95. The summed E-state index contributed by atoms with van der Waals surface area (Å²) in [4.78, 5) is 64.5. The fourth-order valence-corrected chi connectivity index (χ4v) is 3.24. The number of halogens is 1. The summed E-state index contributed by atoms with van der Waals surface area (Å²) in [5, 5.41) is 0. The fraction of sp³-hybridized carbons (Fsp3) is 0.227. The Labute approximate surface area is 188 Å². The van der Waals surface area contributed by atoms with Crippen molar-refractivity contribution in [3.63, 3.8) is 0 Å². The zero-order valence-corrected chi connectivity index (χ0v) is 17.7. The second kappa shape index (κ2) is 9.90. The molecule has 0 spiro atoms. The van der Waals surface area contributed by atoms with Crippen molar-refractivity contribution in [3.05, 3.63) is 54.3 Å². The molecule has 1 saturated heterocycles. The Morgan fingerprint density at radius 3 is 2.33 bits per heavy atom. The van der Waals surface area contributed by atoms with Crippen molar-refractivity contribution in [1.82, 2.24) is 4.90 Å². The van der Waals surface area contributed by atoms with Crippen LogP contribution in [0.4, 0.5) is 20.6 Å². The summed E-state index contributed by atoms with van der Waals surface area (Å²) in [5.74, 6) is -4.09. The minimum Gasteiger partial charge on any atom is -0.492 e. The number of hydrogen-bond donors (Lipinski definition) is 1. The quantitative estimate of drug-likeness (QED) is 0.449. The first-order valence-corrected chi connectivity index (χ1v) is 10.0. The van der Waals surface area contributed by atoms with E-state index in [1.54, 1.807) is 19.1 Å². The summed E-state index contributed by atoms with van der Waals surface area (Å²) in [7, 11) is 0. The lowest BCUT2D eigenvalue weighted by Crippen LogP contribution is -2.44. The van der Waals surface area contributed by atoms with E-state index in [0.717, 1.165) is 17.0 Å². The molecule has 2 N–H and O–H groups in total. The van der Waals surface area contributed by atoms with Crippen LogP contribution >= 0.6 is 0 Å². The topological polar surface area (TPSA) is 130 Å². The molecule has 1 fully saturated rings. The van der Waals surface area contributed by atoms with Gasteiger partial charge < -0.3 is 15.4 Å². The molecule has 2 aromatic rings. The molecule has 6 amide bonds. The van der Waals surface area contributed by atoms with Crippen molar-refractivity contribution in [2.45, 2.75) is 13.3 Å². The monoisotopic (exact) mass is 456 g/mol. The summed E-state index contributed by atoms with van der Waals surface area (Å²) in [5.41, 5.74) is 5.47. The van der Waals surface area contributed by atoms with Crippen molar-refractivity contribution in [1.29, 1.82) is 0 Å². The van der Waals surface area contributed by atoms with Crippen LogP contribution in [0.2, 0.25) is 0 Å². The van der Waals surface area contributed by atoms with Crippen LogP contribution in [-0.4, -0.2) is 54.3 Å². The van der Waals surface area contributed by atoms with Crippen molar-refractivity contribution >= 4 is 41.0 Å². The number of primary amides is 1. The summed E-state index contributed by atoms with van der Waals surface area (Å²) >= 11 is 0. The second-order valence-electron chi connectivity index (χ2n) is 6.95. The molecule has 1 heterocycles. The van der Waals surface area contributed by atoms with Crippen LogP contribution in [0, 0.1) is 5.82 Å². The molecule has 11 heteroatoms. The van der Waals surface area contributed by atoms with Crippen LogP contribution in [0.1, 0.15) is 13.3 Å². The number of amides is 6. The maximum Gasteiger partial charge on any atom is 0.339 e. The standard InChI is InChI=1S/C22H21FN4O6/c1-2-33-17-6-4-3-5-16(17)27-21(31)20(30)26(22(27)32)13-19(29)25(12-11-18(24)28)15-9-7-14(23)8-10-15/h3-10H,2,11-13H2,1H3,(H2,24,28). The molecular formula is C22H21FN4O6. The highest BCUT2D eigenvalue weighted by Crippen LogP contribution is 2.31. The summed E-state index contributed by atoms with van der Waals surface area (Å²) in [6.07, 6.45) is -0.211. The number of carbonyl (C=O) groups excluding carboxylic acids is 5. The Bertz CT molecular complexity index is 1100. The van der Waals surface area contributed by atoms with Crippen LogP contribution in [0.25, 0.3) is 0 Å². The number of para-hydroxylation sites is 2. The molecule has 1 aliphatic rings. The Kier molecular flexibility index (Phi) is 7.01. The third kappa shape index (κ3) is 4.97. The maximum absolute atomic E-state index is 13.3. The molecule has 0 bridgehead atoms. The lowest BCUT2D eigenvalue weighted by Gasteiger charge is -2.24. The predicted molar refractivity (Wildman–Crippen MR) is 115 cm³/mol. The van der Waals surface area contributed by atoms with E-state index < -0.39 is 42.0 Å². The van der Waals surface area contributed by atoms with Gasteiger partial charge in [0.25, 0.3) is 0 Å². The summed E-state index contributed by atoms with van der Waals surface area (Å²) in [6.45, 7) is 1.04. The Morgan fingerprint density at radius 2 is 1.70 bits per heavy atom. The lowest BCUT2D eigenvalue weighted by molar-refractivity contribution is -0.140.